The predicted molar refractivity (Wildman–Crippen MR) is 112 cm³/mol. The van der Waals surface area contributed by atoms with E-state index in [0.29, 0.717) is 0 Å². The first-order valence-electron chi connectivity index (χ1n) is 10.1. The Balaban J connectivity index is 3.32. The van der Waals surface area contributed by atoms with Crippen LogP contribution in [-0.2, 0) is 0 Å². The van der Waals surface area contributed by atoms with Crippen LogP contribution < -0.4 is 9.01 Å². The summed E-state index contributed by atoms with van der Waals surface area (Å²) < 4.78 is 5.62. The van der Waals surface area contributed by atoms with Gasteiger partial charge in [0.25, 0.3) is 0 Å². The average Bonchev–Trinajstić information content (AvgIpc) is 2.61. The molecule has 1 N–H and O–H groups in total. The second-order valence-electron chi connectivity index (χ2n) is 7.47. The zero-order valence-corrected chi connectivity index (χ0v) is 19.9. The summed E-state index contributed by atoms with van der Waals surface area (Å²) in [4.78, 5) is 12.8. The van der Waals surface area contributed by atoms with Crippen LogP contribution in [0.5, 0.6) is 0 Å². The molecule has 25 heavy (non-hydrogen) atoms. The Kier molecular flexibility index (Phi) is 10.7. The molecule has 0 heterocycles. The molecular formula is C21H38N2OSn. The summed E-state index contributed by atoms with van der Waals surface area (Å²) in [7, 11) is 3.75. The molecule has 1 aromatic carbocycles. The fourth-order valence-electron chi connectivity index (χ4n) is 3.73. The number of hydrazine groups is 1. The molecule has 4 heteroatoms. The van der Waals surface area contributed by atoms with Gasteiger partial charge in [0.1, 0.15) is 0 Å². The van der Waals surface area contributed by atoms with Crippen LogP contribution >= 0.6 is 0 Å². The number of hydrogen-bond acceptors (Lipinski definition) is 2. The van der Waals surface area contributed by atoms with Gasteiger partial charge in [-0.3, -0.25) is 0 Å². The molecule has 0 aliphatic heterocycles. The number of nitrogens with zero attached hydrogens (tertiary/aromatic N) is 1. The topological polar surface area (TPSA) is 32.3 Å². The van der Waals surface area contributed by atoms with Crippen molar-refractivity contribution in [1.82, 2.24) is 10.4 Å². The van der Waals surface area contributed by atoms with Crippen molar-refractivity contribution in [2.24, 2.45) is 0 Å². The molecule has 0 radical (unpaired) electrons. The Morgan fingerprint density at radius 3 is 1.84 bits per heavy atom. The first kappa shape index (κ1) is 22.5. The van der Waals surface area contributed by atoms with Gasteiger partial charge >= 0.3 is 160 Å². The van der Waals surface area contributed by atoms with E-state index < -0.39 is 18.4 Å². The van der Waals surface area contributed by atoms with Crippen LogP contribution in [0, 0.1) is 0 Å². The van der Waals surface area contributed by atoms with Crippen LogP contribution in [0.1, 0.15) is 69.7 Å². The third-order valence-electron chi connectivity index (χ3n) is 5.09. The molecule has 3 nitrogen and oxygen atoms in total. The van der Waals surface area contributed by atoms with Crippen molar-refractivity contribution in [3.05, 3.63) is 29.8 Å². The van der Waals surface area contributed by atoms with Crippen molar-refractivity contribution < 1.29 is 4.79 Å². The number of nitrogens with one attached hydrogen (secondary N) is 1. The maximum atomic E-state index is 12.8. The first-order chi connectivity index (χ1) is 12.0. The molecule has 1 amide bonds. The van der Waals surface area contributed by atoms with Gasteiger partial charge in [-0.25, -0.2) is 0 Å². The molecule has 0 fully saturated rings. The Morgan fingerprint density at radius 1 is 0.920 bits per heavy atom. The van der Waals surface area contributed by atoms with Gasteiger partial charge in [0, 0.05) is 0 Å². The van der Waals surface area contributed by atoms with E-state index in [1.165, 1.54) is 55.4 Å². The summed E-state index contributed by atoms with van der Waals surface area (Å²) in [6.07, 6.45) is 7.70. The zero-order chi connectivity index (χ0) is 18.7. The van der Waals surface area contributed by atoms with E-state index in [-0.39, 0.29) is 5.91 Å². The van der Waals surface area contributed by atoms with Gasteiger partial charge in [-0.2, -0.15) is 0 Å². The standard InChI is InChI=1S/C9H11N2O.3C4H9.Sn/c1-11(2)10-9(12)8-6-4-3-5-7-8;3*1-3-4-2;/h3-6H,1-2H3,(H,10,12);3*1,3-4H2,2H3;. The fraction of sp³-hybridized carbons (Fsp3) is 0.667. The molecule has 0 saturated heterocycles. The van der Waals surface area contributed by atoms with E-state index >= 15 is 0 Å². The van der Waals surface area contributed by atoms with E-state index in [1.54, 1.807) is 5.01 Å². The molecule has 1 aromatic rings. The quantitative estimate of drug-likeness (QED) is 0.359. The molecule has 0 bridgehead atoms. The summed E-state index contributed by atoms with van der Waals surface area (Å²) in [6.45, 7) is 6.88. The number of rotatable bonds is 12. The maximum absolute atomic E-state index is 12.8. The SMILES string of the molecule is CCC[CH2][Sn]([CH2]CCC)([CH2]CCC)[c]1ccccc1C(=O)NN(C)C. The summed E-state index contributed by atoms with van der Waals surface area (Å²) in [5.41, 5.74) is 3.91. The number of amides is 1. The molecule has 0 spiro atoms. The van der Waals surface area contributed by atoms with Crippen LogP contribution in [0.3, 0.4) is 0 Å². The third kappa shape index (κ3) is 6.93. The van der Waals surface area contributed by atoms with Crippen molar-refractivity contribution in [1.29, 1.82) is 0 Å². The number of benzene rings is 1. The van der Waals surface area contributed by atoms with Crippen molar-refractivity contribution >= 4 is 27.9 Å². The normalized spacial score (nSPS) is 11.8. The molecule has 1 rings (SSSR count). The van der Waals surface area contributed by atoms with Gasteiger partial charge in [-0.1, -0.05) is 0 Å². The first-order valence-corrected chi connectivity index (χ1v) is 17.6. The van der Waals surface area contributed by atoms with Crippen LogP contribution in [0.25, 0.3) is 0 Å². The van der Waals surface area contributed by atoms with E-state index in [2.05, 4.69) is 38.3 Å². The van der Waals surface area contributed by atoms with Gasteiger partial charge in [0.05, 0.1) is 0 Å². The Morgan fingerprint density at radius 2 is 1.40 bits per heavy atom. The van der Waals surface area contributed by atoms with Gasteiger partial charge in [0.2, 0.25) is 0 Å². The monoisotopic (exact) mass is 454 g/mol. The molecule has 0 aromatic heterocycles. The predicted octanol–water partition coefficient (Wildman–Crippen LogP) is 4.95. The zero-order valence-electron chi connectivity index (χ0n) is 17.0. The van der Waals surface area contributed by atoms with E-state index in [1.807, 2.05) is 26.2 Å². The number of hydrogen-bond donors (Lipinski definition) is 1. The molecule has 0 atom stereocenters. The van der Waals surface area contributed by atoms with Gasteiger partial charge < -0.3 is 0 Å². The van der Waals surface area contributed by atoms with Crippen LogP contribution in [0.4, 0.5) is 0 Å². The van der Waals surface area contributed by atoms with E-state index in [0.717, 1.165) is 5.56 Å². The minimum atomic E-state index is -2.59. The molecule has 0 aliphatic carbocycles. The molecular weight excluding hydrogens is 415 g/mol. The van der Waals surface area contributed by atoms with Crippen molar-refractivity contribution in [3.8, 4) is 0 Å². The van der Waals surface area contributed by atoms with Gasteiger partial charge in [0.15, 0.2) is 0 Å². The molecule has 0 aliphatic rings. The van der Waals surface area contributed by atoms with Crippen molar-refractivity contribution in [2.75, 3.05) is 14.1 Å². The van der Waals surface area contributed by atoms with Crippen molar-refractivity contribution in [2.45, 2.75) is 72.6 Å². The van der Waals surface area contributed by atoms with Crippen molar-refractivity contribution in [3.63, 3.8) is 0 Å². The van der Waals surface area contributed by atoms with Crippen LogP contribution in [-0.4, -0.2) is 43.4 Å². The number of carbonyl (C=O) groups excluding carboxylic acids is 1. The van der Waals surface area contributed by atoms with E-state index in [4.69, 9.17) is 0 Å². The van der Waals surface area contributed by atoms with Crippen LogP contribution in [0.2, 0.25) is 13.3 Å². The van der Waals surface area contributed by atoms with Crippen LogP contribution in [0.15, 0.2) is 24.3 Å². The molecule has 0 unspecified atom stereocenters. The number of carbonyl (C=O) groups is 1. The third-order valence-corrected chi connectivity index (χ3v) is 20.8. The summed E-state index contributed by atoms with van der Waals surface area (Å²) in [5.74, 6) is 0.0613. The Hall–Kier alpha value is -0.551. The Labute approximate surface area is 159 Å². The fourth-order valence-corrected chi connectivity index (χ4v) is 20.5. The average molecular weight is 453 g/mol. The van der Waals surface area contributed by atoms with Gasteiger partial charge in [-0.05, 0) is 0 Å². The number of unbranched alkanes of at least 4 members (excludes halogenated alkanes) is 3. The van der Waals surface area contributed by atoms with Gasteiger partial charge in [-0.15, -0.1) is 0 Å². The second-order valence-corrected chi connectivity index (χ2v) is 20.6. The minimum absolute atomic E-state index is 0.0613. The van der Waals surface area contributed by atoms with E-state index in [9.17, 15) is 4.79 Å². The summed E-state index contributed by atoms with van der Waals surface area (Å²) >= 11 is -2.59. The Bertz CT molecular complexity index is 495. The molecule has 0 saturated carbocycles. The second kappa shape index (κ2) is 11.9. The molecule has 142 valence electrons. The summed E-state index contributed by atoms with van der Waals surface area (Å²) in [6, 6.07) is 8.51. The summed E-state index contributed by atoms with van der Waals surface area (Å²) in [5, 5.41) is 1.75.